The van der Waals surface area contributed by atoms with Gasteiger partial charge in [0.25, 0.3) is 11.8 Å². The zero-order valence-corrected chi connectivity index (χ0v) is 19.8. The number of carbonyl (C=O) groups is 2. The summed E-state index contributed by atoms with van der Waals surface area (Å²) >= 11 is 0. The van der Waals surface area contributed by atoms with Crippen molar-refractivity contribution in [3.63, 3.8) is 0 Å². The van der Waals surface area contributed by atoms with Crippen LogP contribution in [0.3, 0.4) is 0 Å². The van der Waals surface area contributed by atoms with E-state index >= 15 is 0 Å². The van der Waals surface area contributed by atoms with Crippen molar-refractivity contribution in [3.8, 4) is 0 Å². The minimum atomic E-state index is -0.859. The third-order valence-electron chi connectivity index (χ3n) is 7.32. The van der Waals surface area contributed by atoms with Crippen LogP contribution < -0.4 is 9.80 Å². The fourth-order valence-corrected chi connectivity index (χ4v) is 5.36. The van der Waals surface area contributed by atoms with Gasteiger partial charge in [-0.05, 0) is 55.7 Å². The molecule has 2 aromatic heterocycles. The molecular formula is C27H25FN6O2. The molecule has 2 aromatic carbocycles. The van der Waals surface area contributed by atoms with Crippen molar-refractivity contribution in [2.75, 3.05) is 29.6 Å². The lowest BCUT2D eigenvalue weighted by Crippen LogP contribution is -2.57. The summed E-state index contributed by atoms with van der Waals surface area (Å²) in [5, 5.41) is 7.52. The summed E-state index contributed by atoms with van der Waals surface area (Å²) < 4.78 is 14.9. The molecule has 2 aliphatic rings. The van der Waals surface area contributed by atoms with Crippen molar-refractivity contribution in [1.29, 1.82) is 0 Å². The summed E-state index contributed by atoms with van der Waals surface area (Å²) in [5.74, 6) is -0.676. The first-order valence-electron chi connectivity index (χ1n) is 12.0. The van der Waals surface area contributed by atoms with Crippen molar-refractivity contribution in [2.45, 2.75) is 25.3 Å². The largest absolute Gasteiger partial charge is 0.338 e. The number of anilines is 2. The number of aromatic amines is 1. The Kier molecular flexibility index (Phi) is 5.21. The standard InChI is InChI=1S/C27H25FN6O2/c1-18-7-8-23(22(28)13-18)33-17-34(21-5-3-2-4-6-21)27(26(33)36)9-11-32(12-10-27)25(35)20-14-19-16-30-31-24(19)29-15-20/h2-8,13-16H,9-12,17H2,1H3,(H,29,30,31). The van der Waals surface area contributed by atoms with Crippen molar-refractivity contribution in [1.82, 2.24) is 20.1 Å². The number of H-pyrrole nitrogens is 1. The summed E-state index contributed by atoms with van der Waals surface area (Å²) in [6, 6.07) is 16.4. The number of rotatable bonds is 3. The van der Waals surface area contributed by atoms with Gasteiger partial charge in [-0.1, -0.05) is 24.3 Å². The molecule has 1 N–H and O–H groups in total. The van der Waals surface area contributed by atoms with Crippen LogP contribution in [0.25, 0.3) is 11.0 Å². The molecular weight excluding hydrogens is 459 g/mol. The molecule has 0 radical (unpaired) electrons. The van der Waals surface area contributed by atoms with Gasteiger partial charge in [0, 0.05) is 30.4 Å². The highest BCUT2D eigenvalue weighted by Crippen LogP contribution is 2.42. The zero-order chi connectivity index (χ0) is 24.9. The van der Waals surface area contributed by atoms with E-state index in [2.05, 4.69) is 20.1 Å². The fourth-order valence-electron chi connectivity index (χ4n) is 5.36. The smallest absolute Gasteiger partial charge is 0.255 e. The first kappa shape index (κ1) is 22.2. The lowest BCUT2D eigenvalue weighted by atomic mass is 9.85. The molecule has 0 atom stereocenters. The van der Waals surface area contributed by atoms with E-state index < -0.39 is 11.4 Å². The number of aromatic nitrogens is 3. The molecule has 0 bridgehead atoms. The first-order chi connectivity index (χ1) is 17.5. The van der Waals surface area contributed by atoms with Crippen LogP contribution >= 0.6 is 0 Å². The minimum absolute atomic E-state index is 0.126. The van der Waals surface area contributed by atoms with Crippen molar-refractivity contribution in [3.05, 3.63) is 83.9 Å². The second-order valence-corrected chi connectivity index (χ2v) is 9.45. The number of piperidine rings is 1. The predicted molar refractivity (Wildman–Crippen MR) is 134 cm³/mol. The van der Waals surface area contributed by atoms with Crippen molar-refractivity contribution >= 4 is 34.2 Å². The Labute approximate surface area is 207 Å². The summed E-state index contributed by atoms with van der Waals surface area (Å²) in [6.07, 6.45) is 4.07. The van der Waals surface area contributed by atoms with E-state index in [1.54, 1.807) is 29.4 Å². The number of aryl methyl sites for hydroxylation is 1. The van der Waals surface area contributed by atoms with Crippen molar-refractivity contribution in [2.24, 2.45) is 0 Å². The van der Waals surface area contributed by atoms with Crippen LogP contribution in [-0.4, -0.2) is 57.2 Å². The summed E-state index contributed by atoms with van der Waals surface area (Å²) in [4.78, 5) is 36.9. The number of hydrogen-bond acceptors (Lipinski definition) is 5. The number of amides is 2. The Morgan fingerprint density at radius 2 is 1.83 bits per heavy atom. The highest BCUT2D eigenvalue weighted by atomic mass is 19.1. The number of halogens is 1. The van der Waals surface area contributed by atoms with Crippen LogP contribution in [-0.2, 0) is 4.79 Å². The number of pyridine rings is 1. The van der Waals surface area contributed by atoms with Gasteiger partial charge in [-0.3, -0.25) is 19.6 Å². The lowest BCUT2D eigenvalue weighted by molar-refractivity contribution is -0.122. The second-order valence-electron chi connectivity index (χ2n) is 9.45. The highest BCUT2D eigenvalue weighted by molar-refractivity contribution is 6.06. The SMILES string of the molecule is Cc1ccc(N2CN(c3ccccc3)C3(CCN(C(=O)c4cnc5[nH]ncc5c4)CC3)C2=O)c(F)c1. The maximum Gasteiger partial charge on any atom is 0.255 e. The summed E-state index contributed by atoms with van der Waals surface area (Å²) in [5.41, 5.74) is 2.23. The van der Waals surface area contributed by atoms with Gasteiger partial charge < -0.3 is 9.80 Å². The van der Waals surface area contributed by atoms with E-state index in [1.165, 1.54) is 11.0 Å². The Hall–Kier alpha value is -4.27. The van der Waals surface area contributed by atoms with Gasteiger partial charge in [0.05, 0.1) is 24.1 Å². The molecule has 0 unspecified atom stereocenters. The number of hydrogen-bond donors (Lipinski definition) is 1. The van der Waals surface area contributed by atoms with Crippen LogP contribution in [0.15, 0.2) is 67.0 Å². The van der Waals surface area contributed by atoms with Gasteiger partial charge >= 0.3 is 0 Å². The highest BCUT2D eigenvalue weighted by Gasteiger charge is 2.55. The monoisotopic (exact) mass is 484 g/mol. The predicted octanol–water partition coefficient (Wildman–Crippen LogP) is 3.89. The fraction of sp³-hybridized carbons (Fsp3) is 0.259. The normalized spacial score (nSPS) is 17.4. The third kappa shape index (κ3) is 3.50. The molecule has 2 fully saturated rings. The van der Waals surface area contributed by atoms with Gasteiger partial charge in [0.2, 0.25) is 0 Å². The van der Waals surface area contributed by atoms with Crippen LogP contribution in [0.1, 0.15) is 28.8 Å². The quantitative estimate of drug-likeness (QED) is 0.477. The van der Waals surface area contributed by atoms with E-state index in [4.69, 9.17) is 0 Å². The van der Waals surface area contributed by atoms with Gasteiger partial charge in [-0.25, -0.2) is 9.37 Å². The molecule has 0 aliphatic carbocycles. The molecule has 1 spiro atoms. The van der Waals surface area contributed by atoms with E-state index in [-0.39, 0.29) is 24.2 Å². The number of fused-ring (bicyclic) bond motifs is 1. The zero-order valence-electron chi connectivity index (χ0n) is 19.8. The third-order valence-corrected chi connectivity index (χ3v) is 7.32. The maximum absolute atomic E-state index is 14.9. The number of carbonyl (C=O) groups excluding carboxylic acids is 2. The van der Waals surface area contributed by atoms with Crippen LogP contribution in [0.5, 0.6) is 0 Å². The maximum atomic E-state index is 14.9. The lowest BCUT2D eigenvalue weighted by Gasteiger charge is -2.43. The number of nitrogens with one attached hydrogen (secondary N) is 1. The topological polar surface area (TPSA) is 85.4 Å². The van der Waals surface area contributed by atoms with Crippen LogP contribution in [0.2, 0.25) is 0 Å². The molecule has 36 heavy (non-hydrogen) atoms. The van der Waals surface area contributed by atoms with E-state index in [0.29, 0.717) is 37.1 Å². The molecule has 182 valence electrons. The molecule has 6 rings (SSSR count). The van der Waals surface area contributed by atoms with E-state index in [9.17, 15) is 14.0 Å². The Balaban J connectivity index is 1.30. The summed E-state index contributed by atoms with van der Waals surface area (Å²) in [7, 11) is 0. The van der Waals surface area contributed by atoms with Crippen LogP contribution in [0.4, 0.5) is 15.8 Å². The van der Waals surface area contributed by atoms with E-state index in [1.807, 2.05) is 43.3 Å². The van der Waals surface area contributed by atoms with Gasteiger partial charge in [-0.2, -0.15) is 5.10 Å². The first-order valence-corrected chi connectivity index (χ1v) is 12.0. The average molecular weight is 485 g/mol. The number of para-hydroxylation sites is 1. The average Bonchev–Trinajstić information content (AvgIpc) is 3.47. The number of benzene rings is 2. The molecule has 0 saturated carbocycles. The molecule has 4 heterocycles. The van der Waals surface area contributed by atoms with Crippen molar-refractivity contribution < 1.29 is 14.0 Å². The number of likely N-dealkylation sites (tertiary alicyclic amines) is 1. The Morgan fingerprint density at radius 1 is 1.06 bits per heavy atom. The minimum Gasteiger partial charge on any atom is -0.338 e. The summed E-state index contributed by atoms with van der Waals surface area (Å²) in [6.45, 7) is 2.88. The molecule has 2 aliphatic heterocycles. The molecule has 2 amide bonds. The van der Waals surface area contributed by atoms with Gasteiger partial charge in [0.15, 0.2) is 5.65 Å². The van der Waals surface area contributed by atoms with Gasteiger partial charge in [-0.15, -0.1) is 0 Å². The van der Waals surface area contributed by atoms with Crippen LogP contribution in [0, 0.1) is 12.7 Å². The molecule has 4 aromatic rings. The Bertz CT molecular complexity index is 1460. The molecule has 9 heteroatoms. The Morgan fingerprint density at radius 3 is 2.58 bits per heavy atom. The number of nitrogens with zero attached hydrogens (tertiary/aromatic N) is 5. The molecule has 8 nitrogen and oxygen atoms in total. The molecule has 2 saturated heterocycles. The van der Waals surface area contributed by atoms with Gasteiger partial charge in [0.1, 0.15) is 11.4 Å². The van der Waals surface area contributed by atoms with E-state index in [0.717, 1.165) is 16.6 Å². The second kappa shape index (κ2) is 8.44.